The second-order valence-corrected chi connectivity index (χ2v) is 14.4. The summed E-state index contributed by atoms with van der Waals surface area (Å²) in [5, 5.41) is 14.2. The standard InChI is InChI=1S/C44H50N2O4/c1-43(2)38(45(27-15-7-10-22-40(47)48)36-25-23-32-16-11-13-18-34(32)41(36)43)20-8-6-9-21-39-44(3,4)42-35-19-14-12-17-33(35)24-26-37(42)46(39)28-29-50-31-30-49-5/h6,8-9,11-14,16-21,23-26H,7,10,15,22,27-31H2,1-5H3/p+1. The van der Waals surface area contributed by atoms with E-state index in [4.69, 9.17) is 14.6 Å². The molecule has 4 aromatic rings. The van der Waals surface area contributed by atoms with Gasteiger partial charge in [-0.2, -0.15) is 4.58 Å². The molecule has 2 aliphatic heterocycles. The highest BCUT2D eigenvalue weighted by Gasteiger charge is 2.45. The quantitative estimate of drug-likeness (QED) is 0.0775. The largest absolute Gasteiger partial charge is 0.481 e. The van der Waals surface area contributed by atoms with E-state index in [9.17, 15) is 4.79 Å². The molecule has 1 N–H and O–H groups in total. The van der Waals surface area contributed by atoms with Gasteiger partial charge in [0.25, 0.3) is 0 Å². The van der Waals surface area contributed by atoms with Gasteiger partial charge >= 0.3 is 5.97 Å². The number of ether oxygens (including phenoxy) is 2. The number of unbranched alkanes of at least 4 members (excludes halogenated alkanes) is 2. The van der Waals surface area contributed by atoms with Crippen LogP contribution in [0.5, 0.6) is 0 Å². The average molecular weight is 672 g/mol. The predicted molar refractivity (Wildman–Crippen MR) is 206 cm³/mol. The van der Waals surface area contributed by atoms with Crippen molar-refractivity contribution in [3.05, 3.63) is 120 Å². The summed E-state index contributed by atoms with van der Waals surface area (Å²) < 4.78 is 13.6. The van der Waals surface area contributed by atoms with E-state index in [2.05, 4.69) is 140 Å². The lowest BCUT2D eigenvalue weighted by molar-refractivity contribution is -0.438. The van der Waals surface area contributed by atoms with Gasteiger partial charge in [-0.3, -0.25) is 4.79 Å². The second-order valence-electron chi connectivity index (χ2n) is 14.4. The van der Waals surface area contributed by atoms with Crippen LogP contribution >= 0.6 is 0 Å². The number of carbonyl (C=O) groups is 1. The van der Waals surface area contributed by atoms with Crippen LogP contribution in [0.15, 0.2) is 109 Å². The molecule has 0 fully saturated rings. The van der Waals surface area contributed by atoms with Crippen LogP contribution in [-0.4, -0.2) is 61.4 Å². The number of anilines is 1. The molecule has 6 rings (SSSR count). The molecule has 0 saturated carbocycles. The van der Waals surface area contributed by atoms with Crippen LogP contribution in [0.3, 0.4) is 0 Å². The van der Waals surface area contributed by atoms with Crippen molar-refractivity contribution in [1.82, 2.24) is 0 Å². The van der Waals surface area contributed by atoms with Crippen molar-refractivity contribution in [1.29, 1.82) is 0 Å². The first-order chi connectivity index (χ1) is 24.2. The number of carboxylic acid groups (broad SMARTS) is 1. The Hall–Kier alpha value is -4.52. The van der Waals surface area contributed by atoms with Crippen LogP contribution in [-0.2, 0) is 25.1 Å². The van der Waals surface area contributed by atoms with Gasteiger partial charge in [-0.15, -0.1) is 0 Å². The summed E-state index contributed by atoms with van der Waals surface area (Å²) in [7, 11) is 1.70. The third kappa shape index (κ3) is 6.92. The number of rotatable bonds is 15. The number of benzene rings is 4. The Morgan fingerprint density at radius 3 is 2.20 bits per heavy atom. The molecule has 0 amide bonds. The molecule has 4 aromatic carbocycles. The smallest absolute Gasteiger partial charge is 0.303 e. The van der Waals surface area contributed by atoms with E-state index in [-0.39, 0.29) is 17.3 Å². The molecule has 50 heavy (non-hydrogen) atoms. The normalized spacial score (nSPS) is 17.2. The molecular formula is C44H51N2O4+. The Morgan fingerprint density at radius 2 is 1.48 bits per heavy atom. The summed E-state index contributed by atoms with van der Waals surface area (Å²) in [6.45, 7) is 12.7. The van der Waals surface area contributed by atoms with Gasteiger partial charge in [-0.05, 0) is 72.0 Å². The lowest BCUT2D eigenvalue weighted by atomic mass is 9.79. The van der Waals surface area contributed by atoms with Crippen LogP contribution < -0.4 is 4.90 Å². The van der Waals surface area contributed by atoms with Crippen LogP contribution in [0.1, 0.15) is 64.5 Å². The maximum Gasteiger partial charge on any atom is 0.303 e. The number of carboxylic acids is 1. The van der Waals surface area contributed by atoms with E-state index in [0.717, 1.165) is 25.9 Å². The van der Waals surface area contributed by atoms with E-state index >= 15 is 0 Å². The minimum Gasteiger partial charge on any atom is -0.481 e. The van der Waals surface area contributed by atoms with Crippen molar-refractivity contribution in [3.8, 4) is 0 Å². The second kappa shape index (κ2) is 15.2. The van der Waals surface area contributed by atoms with Gasteiger partial charge in [0.15, 0.2) is 5.71 Å². The van der Waals surface area contributed by atoms with Gasteiger partial charge in [0.1, 0.15) is 6.54 Å². The molecule has 0 atom stereocenters. The van der Waals surface area contributed by atoms with Crippen molar-refractivity contribution >= 4 is 44.6 Å². The van der Waals surface area contributed by atoms with Crippen molar-refractivity contribution in [2.75, 3.05) is 44.9 Å². The minimum atomic E-state index is -0.724. The molecule has 0 unspecified atom stereocenters. The van der Waals surface area contributed by atoms with Gasteiger partial charge in [-0.25, -0.2) is 0 Å². The molecule has 0 bridgehead atoms. The van der Waals surface area contributed by atoms with Gasteiger partial charge in [-0.1, -0.05) is 86.7 Å². The first-order valence-corrected chi connectivity index (χ1v) is 18.0. The zero-order valence-corrected chi connectivity index (χ0v) is 30.2. The topological polar surface area (TPSA) is 62.0 Å². The lowest BCUT2D eigenvalue weighted by Crippen LogP contribution is -2.29. The third-order valence-corrected chi connectivity index (χ3v) is 10.4. The summed E-state index contributed by atoms with van der Waals surface area (Å²) in [6.07, 6.45) is 13.8. The van der Waals surface area contributed by atoms with Crippen LogP contribution in [0.4, 0.5) is 11.4 Å². The molecule has 0 saturated heterocycles. The van der Waals surface area contributed by atoms with Crippen molar-refractivity contribution in [2.45, 2.75) is 64.2 Å². The maximum atomic E-state index is 11.1. The molecule has 260 valence electrons. The molecule has 0 aromatic heterocycles. The lowest BCUT2D eigenvalue weighted by Gasteiger charge is -2.27. The van der Waals surface area contributed by atoms with E-state index in [0.29, 0.717) is 26.2 Å². The number of allylic oxidation sites excluding steroid dienone is 6. The SMILES string of the molecule is COCCOCCN1/C(=C/C=C/C=C/C2=[N+](CCCCCC(=O)O)c3ccc4ccccc4c3C2(C)C)C(C)(C)c2c1ccc1ccccc21. The van der Waals surface area contributed by atoms with Crippen molar-refractivity contribution in [2.24, 2.45) is 0 Å². The zero-order chi connectivity index (χ0) is 35.3. The van der Waals surface area contributed by atoms with Crippen molar-refractivity contribution < 1.29 is 24.0 Å². The molecule has 0 aliphatic carbocycles. The molecule has 0 radical (unpaired) electrons. The average Bonchev–Trinajstić information content (AvgIpc) is 3.46. The van der Waals surface area contributed by atoms with E-state index < -0.39 is 5.97 Å². The Kier molecular flexibility index (Phi) is 10.7. The number of fused-ring (bicyclic) bond motifs is 6. The Morgan fingerprint density at radius 1 is 0.780 bits per heavy atom. The van der Waals surface area contributed by atoms with Crippen LogP contribution in [0, 0.1) is 0 Å². The van der Waals surface area contributed by atoms with E-state index in [1.807, 2.05) is 0 Å². The number of hydrogen-bond acceptors (Lipinski definition) is 4. The number of hydrogen-bond donors (Lipinski definition) is 1. The van der Waals surface area contributed by atoms with Crippen LogP contribution in [0.2, 0.25) is 0 Å². The van der Waals surface area contributed by atoms with Gasteiger partial charge in [0.2, 0.25) is 5.69 Å². The van der Waals surface area contributed by atoms with Gasteiger partial charge in [0.05, 0.1) is 25.2 Å². The molecule has 0 spiro atoms. The fourth-order valence-corrected chi connectivity index (χ4v) is 8.03. The monoisotopic (exact) mass is 671 g/mol. The summed E-state index contributed by atoms with van der Waals surface area (Å²) in [6, 6.07) is 26.3. The Labute approximate surface area is 297 Å². The summed E-state index contributed by atoms with van der Waals surface area (Å²) in [4.78, 5) is 13.5. The third-order valence-electron chi connectivity index (χ3n) is 10.4. The zero-order valence-electron chi connectivity index (χ0n) is 30.2. The molecule has 2 aliphatic rings. The summed E-state index contributed by atoms with van der Waals surface area (Å²) >= 11 is 0. The summed E-state index contributed by atoms with van der Waals surface area (Å²) in [5.74, 6) is -0.724. The Balaban J connectivity index is 1.30. The van der Waals surface area contributed by atoms with Gasteiger partial charge < -0.3 is 19.5 Å². The molecular weight excluding hydrogens is 620 g/mol. The summed E-state index contributed by atoms with van der Waals surface area (Å²) in [5.41, 5.74) is 7.32. The van der Waals surface area contributed by atoms with E-state index in [1.54, 1.807) is 7.11 Å². The van der Waals surface area contributed by atoms with Gasteiger partial charge in [0, 0.05) is 61.0 Å². The molecule has 6 heteroatoms. The first kappa shape index (κ1) is 35.3. The maximum absolute atomic E-state index is 11.1. The molecule has 6 nitrogen and oxygen atoms in total. The Bertz CT molecular complexity index is 2000. The fourth-order valence-electron chi connectivity index (χ4n) is 8.03. The predicted octanol–water partition coefficient (Wildman–Crippen LogP) is 9.47. The highest BCUT2D eigenvalue weighted by atomic mass is 16.5. The minimum absolute atomic E-state index is 0.195. The fraction of sp³-hybridized carbons (Fsp3) is 0.364. The number of nitrogens with zero attached hydrogens (tertiary/aromatic N) is 2. The van der Waals surface area contributed by atoms with Crippen molar-refractivity contribution in [3.63, 3.8) is 0 Å². The van der Waals surface area contributed by atoms with E-state index in [1.165, 1.54) is 55.5 Å². The number of methoxy groups -OCH3 is 1. The first-order valence-electron chi connectivity index (χ1n) is 18.0. The highest BCUT2D eigenvalue weighted by Crippen LogP contribution is 2.50. The highest BCUT2D eigenvalue weighted by molar-refractivity contribution is 6.07. The molecule has 2 heterocycles. The van der Waals surface area contributed by atoms with Crippen LogP contribution in [0.25, 0.3) is 21.5 Å². The number of aliphatic carboxylic acids is 1.